The van der Waals surface area contributed by atoms with Crippen LogP contribution in [0.2, 0.25) is 0 Å². The van der Waals surface area contributed by atoms with Crippen molar-refractivity contribution in [1.82, 2.24) is 19.7 Å². The number of pyridine rings is 1. The number of aromatic nitrogens is 4. The van der Waals surface area contributed by atoms with Crippen LogP contribution in [0.3, 0.4) is 0 Å². The third kappa shape index (κ3) is 1.49. The van der Waals surface area contributed by atoms with E-state index in [9.17, 15) is 5.11 Å². The Labute approximate surface area is 92.8 Å². The summed E-state index contributed by atoms with van der Waals surface area (Å²) in [6.45, 7) is 0.759. The summed E-state index contributed by atoms with van der Waals surface area (Å²) < 4.78 is 2.04. The Morgan fingerprint density at radius 1 is 1.31 bits per heavy atom. The van der Waals surface area contributed by atoms with Crippen molar-refractivity contribution in [2.75, 3.05) is 0 Å². The summed E-state index contributed by atoms with van der Waals surface area (Å²) in [5, 5.41) is 17.8. The van der Waals surface area contributed by atoms with E-state index in [4.69, 9.17) is 0 Å². The monoisotopic (exact) mass is 216 g/mol. The molecule has 0 spiro atoms. The zero-order chi connectivity index (χ0) is 11.0. The fourth-order valence-electron chi connectivity index (χ4n) is 2.00. The number of nitrogens with zero attached hydrogens (tertiary/aromatic N) is 4. The van der Waals surface area contributed by atoms with E-state index >= 15 is 0 Å². The SMILES string of the molecule is OC1CCn2c(nnc2-c2ccccn2)C1. The quantitative estimate of drug-likeness (QED) is 0.760. The topological polar surface area (TPSA) is 63.8 Å². The van der Waals surface area contributed by atoms with Gasteiger partial charge in [0.2, 0.25) is 0 Å². The Morgan fingerprint density at radius 2 is 2.25 bits per heavy atom. The Balaban J connectivity index is 2.04. The van der Waals surface area contributed by atoms with Crippen LogP contribution in [0.15, 0.2) is 24.4 Å². The standard InChI is InChI=1S/C11H12N4O/c16-8-4-6-15-10(7-8)13-14-11(15)9-3-1-2-5-12-9/h1-3,5,8,16H,4,6-7H2. The molecule has 82 valence electrons. The maximum Gasteiger partial charge on any atom is 0.182 e. The fourth-order valence-corrected chi connectivity index (χ4v) is 2.00. The molecule has 1 aliphatic heterocycles. The first-order chi connectivity index (χ1) is 7.84. The second-order valence-electron chi connectivity index (χ2n) is 3.95. The summed E-state index contributed by atoms with van der Waals surface area (Å²) in [4.78, 5) is 4.26. The largest absolute Gasteiger partial charge is 0.393 e. The Bertz CT molecular complexity index is 494. The van der Waals surface area contributed by atoms with Crippen LogP contribution >= 0.6 is 0 Å². The molecule has 3 heterocycles. The minimum Gasteiger partial charge on any atom is -0.393 e. The average Bonchev–Trinajstić information content (AvgIpc) is 2.73. The highest BCUT2D eigenvalue weighted by Crippen LogP contribution is 2.21. The molecule has 1 aliphatic rings. The van der Waals surface area contributed by atoms with E-state index in [0.717, 1.165) is 30.3 Å². The first-order valence-corrected chi connectivity index (χ1v) is 5.36. The zero-order valence-electron chi connectivity index (χ0n) is 8.74. The number of hydrogen-bond acceptors (Lipinski definition) is 4. The van der Waals surface area contributed by atoms with Gasteiger partial charge in [-0.25, -0.2) is 0 Å². The highest BCUT2D eigenvalue weighted by Gasteiger charge is 2.22. The summed E-state index contributed by atoms with van der Waals surface area (Å²) >= 11 is 0. The molecule has 0 saturated carbocycles. The summed E-state index contributed by atoms with van der Waals surface area (Å²) in [6.07, 6.45) is 2.80. The first-order valence-electron chi connectivity index (χ1n) is 5.36. The van der Waals surface area contributed by atoms with Crippen molar-refractivity contribution in [2.24, 2.45) is 0 Å². The van der Waals surface area contributed by atoms with E-state index in [0.29, 0.717) is 6.42 Å². The van der Waals surface area contributed by atoms with Gasteiger partial charge in [0.1, 0.15) is 11.5 Å². The minimum absolute atomic E-state index is 0.284. The van der Waals surface area contributed by atoms with E-state index in [2.05, 4.69) is 15.2 Å². The third-order valence-electron chi connectivity index (χ3n) is 2.83. The van der Waals surface area contributed by atoms with Gasteiger partial charge in [-0.15, -0.1) is 10.2 Å². The fraction of sp³-hybridized carbons (Fsp3) is 0.364. The van der Waals surface area contributed by atoms with Gasteiger partial charge in [-0.05, 0) is 18.6 Å². The Hall–Kier alpha value is -1.75. The van der Waals surface area contributed by atoms with Crippen molar-refractivity contribution in [2.45, 2.75) is 25.5 Å². The average molecular weight is 216 g/mol. The van der Waals surface area contributed by atoms with Gasteiger partial charge in [-0.2, -0.15) is 0 Å². The smallest absolute Gasteiger partial charge is 0.182 e. The second-order valence-corrected chi connectivity index (χ2v) is 3.95. The van der Waals surface area contributed by atoms with Gasteiger partial charge in [0.25, 0.3) is 0 Å². The maximum atomic E-state index is 9.54. The lowest BCUT2D eigenvalue weighted by molar-refractivity contribution is 0.142. The van der Waals surface area contributed by atoms with Crippen LogP contribution in [0.1, 0.15) is 12.2 Å². The van der Waals surface area contributed by atoms with E-state index in [1.807, 2.05) is 22.8 Å². The summed E-state index contributed by atoms with van der Waals surface area (Å²) in [7, 11) is 0. The van der Waals surface area contributed by atoms with Crippen LogP contribution in [0.25, 0.3) is 11.5 Å². The lowest BCUT2D eigenvalue weighted by Gasteiger charge is -2.19. The van der Waals surface area contributed by atoms with E-state index in [1.54, 1.807) is 6.20 Å². The molecule has 0 bridgehead atoms. The van der Waals surface area contributed by atoms with Crippen molar-refractivity contribution in [3.63, 3.8) is 0 Å². The van der Waals surface area contributed by atoms with Crippen LogP contribution in [0.5, 0.6) is 0 Å². The molecule has 2 aromatic heterocycles. The zero-order valence-corrected chi connectivity index (χ0v) is 8.74. The highest BCUT2D eigenvalue weighted by molar-refractivity contribution is 5.49. The predicted octanol–water partition coefficient (Wildman–Crippen LogP) is 0.647. The van der Waals surface area contributed by atoms with Gasteiger partial charge < -0.3 is 9.67 Å². The predicted molar refractivity (Wildman–Crippen MR) is 57.6 cm³/mol. The van der Waals surface area contributed by atoms with Gasteiger partial charge in [-0.3, -0.25) is 4.98 Å². The molecule has 2 aromatic rings. The van der Waals surface area contributed by atoms with Gasteiger partial charge in [-0.1, -0.05) is 6.07 Å². The molecule has 1 N–H and O–H groups in total. The number of aliphatic hydroxyl groups excluding tert-OH is 1. The van der Waals surface area contributed by atoms with Crippen LogP contribution in [0, 0.1) is 0 Å². The van der Waals surface area contributed by atoms with Gasteiger partial charge in [0, 0.05) is 19.2 Å². The molecule has 0 saturated heterocycles. The van der Waals surface area contributed by atoms with Crippen molar-refractivity contribution in [3.8, 4) is 11.5 Å². The van der Waals surface area contributed by atoms with E-state index in [-0.39, 0.29) is 6.10 Å². The van der Waals surface area contributed by atoms with Gasteiger partial charge in [0.05, 0.1) is 6.10 Å². The molecule has 1 unspecified atom stereocenters. The van der Waals surface area contributed by atoms with E-state index in [1.165, 1.54) is 0 Å². The Morgan fingerprint density at radius 3 is 3.06 bits per heavy atom. The number of hydrogen-bond donors (Lipinski definition) is 1. The molecule has 5 nitrogen and oxygen atoms in total. The van der Waals surface area contributed by atoms with Crippen LogP contribution in [-0.2, 0) is 13.0 Å². The number of rotatable bonds is 1. The van der Waals surface area contributed by atoms with Crippen LogP contribution in [-0.4, -0.2) is 31.0 Å². The van der Waals surface area contributed by atoms with Crippen molar-refractivity contribution in [3.05, 3.63) is 30.2 Å². The second kappa shape index (κ2) is 3.68. The lowest BCUT2D eigenvalue weighted by atomic mass is 10.1. The summed E-state index contributed by atoms with van der Waals surface area (Å²) in [6, 6.07) is 5.73. The normalized spacial score (nSPS) is 19.4. The van der Waals surface area contributed by atoms with Gasteiger partial charge >= 0.3 is 0 Å². The first kappa shape index (κ1) is 9.47. The van der Waals surface area contributed by atoms with Gasteiger partial charge in [0.15, 0.2) is 5.82 Å². The number of fused-ring (bicyclic) bond motifs is 1. The third-order valence-corrected chi connectivity index (χ3v) is 2.83. The maximum absolute atomic E-state index is 9.54. The molecule has 0 aromatic carbocycles. The molecule has 0 fully saturated rings. The molecule has 16 heavy (non-hydrogen) atoms. The van der Waals surface area contributed by atoms with Crippen molar-refractivity contribution >= 4 is 0 Å². The molecular weight excluding hydrogens is 204 g/mol. The summed E-state index contributed by atoms with van der Waals surface area (Å²) in [5.74, 6) is 1.64. The highest BCUT2D eigenvalue weighted by atomic mass is 16.3. The van der Waals surface area contributed by atoms with Crippen LogP contribution < -0.4 is 0 Å². The molecule has 0 radical (unpaired) electrons. The lowest BCUT2D eigenvalue weighted by Crippen LogP contribution is -2.23. The molecule has 1 atom stereocenters. The molecule has 0 aliphatic carbocycles. The Kier molecular flexibility index (Phi) is 2.18. The van der Waals surface area contributed by atoms with Crippen molar-refractivity contribution in [1.29, 1.82) is 0 Å². The van der Waals surface area contributed by atoms with Crippen molar-refractivity contribution < 1.29 is 5.11 Å². The molecule has 0 amide bonds. The molecular formula is C11H12N4O. The molecule has 5 heteroatoms. The summed E-state index contributed by atoms with van der Waals surface area (Å²) in [5.41, 5.74) is 0.831. The van der Waals surface area contributed by atoms with Crippen LogP contribution in [0.4, 0.5) is 0 Å². The molecule has 3 rings (SSSR count). The minimum atomic E-state index is -0.284. The van der Waals surface area contributed by atoms with E-state index < -0.39 is 0 Å². The number of aliphatic hydroxyl groups is 1.